The van der Waals surface area contributed by atoms with Crippen LogP contribution in [0.1, 0.15) is 0 Å². The van der Waals surface area contributed by atoms with Gasteiger partial charge >= 0.3 is 0 Å². The fourth-order valence-electron chi connectivity index (χ4n) is 8.64. The molecule has 0 aliphatic rings. The number of hydrogen-bond donors (Lipinski definition) is 0. The zero-order valence-corrected chi connectivity index (χ0v) is 30.5. The Hall–Kier alpha value is -7.83. The van der Waals surface area contributed by atoms with Gasteiger partial charge in [-0.25, -0.2) is 4.98 Å². The van der Waals surface area contributed by atoms with Crippen molar-refractivity contribution >= 4 is 65.6 Å². The molecule has 0 spiro atoms. The molecule has 12 rings (SSSR count). The minimum Gasteiger partial charge on any atom is -0.456 e. The first-order chi connectivity index (χ1) is 28.3. The highest BCUT2D eigenvalue weighted by molar-refractivity contribution is 6.14. The maximum absolute atomic E-state index is 6.56. The Morgan fingerprint density at radius 3 is 1.67 bits per heavy atom. The van der Waals surface area contributed by atoms with Gasteiger partial charge in [0.2, 0.25) is 5.95 Å². The summed E-state index contributed by atoms with van der Waals surface area (Å²) in [5.74, 6) is 1.72. The summed E-state index contributed by atoms with van der Waals surface area (Å²) >= 11 is 0. The molecule has 4 heterocycles. The first-order valence-electron chi connectivity index (χ1n) is 19.1. The van der Waals surface area contributed by atoms with E-state index in [1.165, 1.54) is 16.3 Å². The third-order valence-corrected chi connectivity index (χ3v) is 11.2. The molecule has 266 valence electrons. The van der Waals surface area contributed by atoms with Gasteiger partial charge in [0.05, 0.1) is 22.1 Å². The van der Waals surface area contributed by atoms with Crippen LogP contribution in [0.3, 0.4) is 0 Å². The van der Waals surface area contributed by atoms with Crippen LogP contribution in [0.2, 0.25) is 0 Å². The molecule has 0 amide bonds. The summed E-state index contributed by atoms with van der Waals surface area (Å²) in [6.07, 6.45) is 0. The Balaban J connectivity index is 1.11. The van der Waals surface area contributed by atoms with Gasteiger partial charge in [-0.3, -0.25) is 4.57 Å². The summed E-state index contributed by atoms with van der Waals surface area (Å²) in [6.45, 7) is 0. The van der Waals surface area contributed by atoms with Gasteiger partial charge in [-0.15, -0.1) is 0 Å². The zero-order valence-electron chi connectivity index (χ0n) is 30.5. The number of aromatic nitrogens is 5. The van der Waals surface area contributed by atoms with Crippen molar-refractivity contribution in [1.82, 2.24) is 24.1 Å². The van der Waals surface area contributed by atoms with Crippen LogP contribution < -0.4 is 0 Å². The summed E-state index contributed by atoms with van der Waals surface area (Å²) in [5, 5.41) is 6.66. The van der Waals surface area contributed by atoms with E-state index in [1.807, 2.05) is 48.5 Å². The van der Waals surface area contributed by atoms with Crippen molar-refractivity contribution in [2.24, 2.45) is 0 Å². The van der Waals surface area contributed by atoms with E-state index in [2.05, 4.69) is 149 Å². The van der Waals surface area contributed by atoms with Crippen LogP contribution in [0, 0.1) is 0 Å². The normalized spacial score (nSPS) is 11.9. The first kappa shape index (κ1) is 31.5. The molecule has 12 aromatic rings. The summed E-state index contributed by atoms with van der Waals surface area (Å²) < 4.78 is 11.1. The first-order valence-corrected chi connectivity index (χ1v) is 19.1. The van der Waals surface area contributed by atoms with Crippen LogP contribution in [0.5, 0.6) is 0 Å². The lowest BCUT2D eigenvalue weighted by Gasteiger charge is -2.12. The third-order valence-electron chi connectivity index (χ3n) is 11.2. The second-order valence-corrected chi connectivity index (χ2v) is 14.4. The van der Waals surface area contributed by atoms with Crippen LogP contribution >= 0.6 is 0 Å². The van der Waals surface area contributed by atoms with Gasteiger partial charge in [0.25, 0.3) is 0 Å². The average Bonchev–Trinajstić information content (AvgIpc) is 3.94. The van der Waals surface area contributed by atoms with E-state index in [0.717, 1.165) is 77.2 Å². The Morgan fingerprint density at radius 2 is 0.947 bits per heavy atom. The summed E-state index contributed by atoms with van der Waals surface area (Å²) in [6, 6.07) is 65.5. The van der Waals surface area contributed by atoms with Gasteiger partial charge in [-0.1, -0.05) is 133 Å². The molecular formula is C51H31N5O. The molecule has 4 aromatic heterocycles. The third kappa shape index (κ3) is 4.87. The van der Waals surface area contributed by atoms with E-state index in [0.29, 0.717) is 17.6 Å². The Labute approximate surface area is 326 Å². The lowest BCUT2D eigenvalue weighted by molar-refractivity contribution is 0.669. The highest BCUT2D eigenvalue weighted by Gasteiger charge is 2.22. The van der Waals surface area contributed by atoms with Crippen molar-refractivity contribution in [3.63, 3.8) is 0 Å². The van der Waals surface area contributed by atoms with Gasteiger partial charge in [0, 0.05) is 49.1 Å². The fraction of sp³-hybridized carbons (Fsp3) is 0. The van der Waals surface area contributed by atoms with Gasteiger partial charge in [0.1, 0.15) is 11.2 Å². The lowest BCUT2D eigenvalue weighted by atomic mass is 10.0. The lowest BCUT2D eigenvalue weighted by Crippen LogP contribution is -2.06. The van der Waals surface area contributed by atoms with Crippen molar-refractivity contribution in [2.45, 2.75) is 0 Å². The summed E-state index contributed by atoms with van der Waals surface area (Å²) in [7, 11) is 0. The van der Waals surface area contributed by atoms with E-state index in [4.69, 9.17) is 19.4 Å². The van der Waals surface area contributed by atoms with Gasteiger partial charge in [-0.05, 0) is 65.7 Å². The van der Waals surface area contributed by atoms with E-state index >= 15 is 0 Å². The van der Waals surface area contributed by atoms with E-state index in [1.54, 1.807) is 0 Å². The fourth-order valence-corrected chi connectivity index (χ4v) is 8.64. The number of nitrogens with zero attached hydrogens (tertiary/aromatic N) is 5. The summed E-state index contributed by atoms with van der Waals surface area (Å²) in [4.78, 5) is 15.7. The van der Waals surface area contributed by atoms with E-state index < -0.39 is 0 Å². The van der Waals surface area contributed by atoms with Crippen LogP contribution in [0.15, 0.2) is 192 Å². The second kappa shape index (κ2) is 12.3. The monoisotopic (exact) mass is 729 g/mol. The Kier molecular flexibility index (Phi) is 6.83. The largest absolute Gasteiger partial charge is 0.456 e. The molecule has 0 saturated carbocycles. The molecule has 0 saturated heterocycles. The Morgan fingerprint density at radius 1 is 0.351 bits per heavy atom. The number of rotatable bonds is 5. The van der Waals surface area contributed by atoms with Crippen LogP contribution in [0.25, 0.3) is 111 Å². The average molecular weight is 730 g/mol. The molecule has 0 radical (unpaired) electrons. The van der Waals surface area contributed by atoms with Gasteiger partial charge in [0.15, 0.2) is 11.6 Å². The molecule has 0 unspecified atom stereocenters. The van der Waals surface area contributed by atoms with E-state index in [9.17, 15) is 0 Å². The van der Waals surface area contributed by atoms with Gasteiger partial charge < -0.3 is 8.98 Å². The minimum atomic E-state index is 0.549. The quantitative estimate of drug-likeness (QED) is 0.177. The number of furan rings is 1. The summed E-state index contributed by atoms with van der Waals surface area (Å²) in [5.41, 5.74) is 11.1. The topological polar surface area (TPSA) is 61.7 Å². The van der Waals surface area contributed by atoms with Crippen LogP contribution in [-0.2, 0) is 0 Å². The second-order valence-electron chi connectivity index (χ2n) is 14.4. The molecule has 6 nitrogen and oxygen atoms in total. The van der Waals surface area contributed by atoms with Crippen LogP contribution in [-0.4, -0.2) is 24.1 Å². The SMILES string of the molecule is c1ccc(-c2ccc3c(c2)c2ccccc2n3-c2nc(-c3ccccc3)nc(-c3cccc4oc5ccc(-n6c7ccccc7c7ccccc76)cc5c34)n2)cc1. The van der Waals surface area contributed by atoms with Crippen molar-refractivity contribution < 1.29 is 4.42 Å². The predicted molar refractivity (Wildman–Crippen MR) is 232 cm³/mol. The Bertz CT molecular complexity index is 3470. The maximum Gasteiger partial charge on any atom is 0.238 e. The van der Waals surface area contributed by atoms with Crippen molar-refractivity contribution in [3.05, 3.63) is 188 Å². The van der Waals surface area contributed by atoms with E-state index in [-0.39, 0.29) is 0 Å². The highest BCUT2D eigenvalue weighted by Crippen LogP contribution is 2.40. The molecule has 0 fully saturated rings. The van der Waals surface area contributed by atoms with Crippen molar-refractivity contribution in [1.29, 1.82) is 0 Å². The van der Waals surface area contributed by atoms with Crippen molar-refractivity contribution in [3.8, 4) is 45.5 Å². The highest BCUT2D eigenvalue weighted by atomic mass is 16.3. The van der Waals surface area contributed by atoms with Crippen molar-refractivity contribution in [2.75, 3.05) is 0 Å². The zero-order chi connectivity index (χ0) is 37.5. The predicted octanol–water partition coefficient (Wildman–Crippen LogP) is 13.0. The molecule has 0 aliphatic carbocycles. The van der Waals surface area contributed by atoms with Crippen LogP contribution in [0.4, 0.5) is 0 Å². The molecular weight excluding hydrogens is 699 g/mol. The molecule has 0 atom stereocenters. The maximum atomic E-state index is 6.56. The van der Waals surface area contributed by atoms with Gasteiger partial charge in [-0.2, -0.15) is 9.97 Å². The molecule has 0 N–H and O–H groups in total. The molecule has 57 heavy (non-hydrogen) atoms. The molecule has 0 bridgehead atoms. The smallest absolute Gasteiger partial charge is 0.238 e. The standard InChI is InChI=1S/C51H31N5O/c1-3-14-32(15-4-1)34-26-28-45-40(30-34)38-20-9-12-24-44(38)56(45)51-53-49(33-16-5-2-6-17-33)52-50(54-51)39-21-13-25-47-48(39)41-31-35(27-29-46(41)57-47)55-42-22-10-7-18-36(42)37-19-8-11-23-43(37)55/h1-31H. The number of hydrogen-bond acceptors (Lipinski definition) is 4. The minimum absolute atomic E-state index is 0.549. The molecule has 8 aromatic carbocycles. The number of benzene rings is 8. The molecule has 0 aliphatic heterocycles. The number of para-hydroxylation sites is 3. The molecule has 6 heteroatoms. The number of fused-ring (bicyclic) bond motifs is 9.